The first-order valence-corrected chi connectivity index (χ1v) is 7.93. The number of anilines is 1. The van der Waals surface area contributed by atoms with Crippen LogP contribution in [0.4, 0.5) is 28.0 Å². The molecule has 4 nitrogen and oxygen atoms in total. The average Bonchev–Trinajstić information content (AvgIpc) is 2.57. The van der Waals surface area contributed by atoms with E-state index in [0.717, 1.165) is 12.1 Å². The summed E-state index contributed by atoms with van der Waals surface area (Å²) in [5.74, 6) is -0.342. The molecule has 0 aromatic heterocycles. The molecule has 0 saturated heterocycles. The maximum absolute atomic E-state index is 13.5. The predicted octanol–water partition coefficient (Wildman–Crippen LogP) is 4.61. The van der Waals surface area contributed by atoms with Gasteiger partial charge in [-0.05, 0) is 43.2 Å². The van der Waals surface area contributed by atoms with Crippen LogP contribution in [0.25, 0.3) is 0 Å². The minimum absolute atomic E-state index is 0.0605. The van der Waals surface area contributed by atoms with Gasteiger partial charge in [-0.1, -0.05) is 18.2 Å². The number of ether oxygens (including phenoxy) is 1. The number of amides is 2. The van der Waals surface area contributed by atoms with Crippen molar-refractivity contribution in [2.75, 3.05) is 18.5 Å². The zero-order chi connectivity index (χ0) is 19.2. The quantitative estimate of drug-likeness (QED) is 0.730. The van der Waals surface area contributed by atoms with Crippen LogP contribution >= 0.6 is 0 Å². The Morgan fingerprint density at radius 3 is 2.54 bits per heavy atom. The molecule has 0 unspecified atom stereocenters. The fourth-order valence-electron chi connectivity index (χ4n) is 2.30. The molecule has 2 rings (SSSR count). The molecule has 0 heterocycles. The van der Waals surface area contributed by atoms with Crippen molar-refractivity contribution in [2.24, 2.45) is 0 Å². The number of alkyl halides is 3. The van der Waals surface area contributed by atoms with Gasteiger partial charge < -0.3 is 15.4 Å². The highest BCUT2D eigenvalue weighted by Crippen LogP contribution is 2.37. The van der Waals surface area contributed by atoms with E-state index in [2.05, 4.69) is 10.6 Å². The maximum atomic E-state index is 13.5. The lowest BCUT2D eigenvalue weighted by atomic mass is 10.1. The van der Waals surface area contributed by atoms with E-state index in [1.165, 1.54) is 12.1 Å². The van der Waals surface area contributed by atoms with Crippen LogP contribution in [0, 0.1) is 5.82 Å². The zero-order valence-electron chi connectivity index (χ0n) is 14.0. The van der Waals surface area contributed by atoms with Crippen LogP contribution in [0.1, 0.15) is 18.1 Å². The summed E-state index contributed by atoms with van der Waals surface area (Å²) in [6.45, 7) is 1.95. The molecule has 0 aliphatic carbocycles. The van der Waals surface area contributed by atoms with E-state index in [0.29, 0.717) is 5.56 Å². The van der Waals surface area contributed by atoms with Gasteiger partial charge >= 0.3 is 12.2 Å². The fraction of sp³-hybridized carbons (Fsp3) is 0.278. The Hall–Kier alpha value is -2.77. The van der Waals surface area contributed by atoms with Crippen LogP contribution < -0.4 is 15.4 Å². The molecular weight excluding hydrogens is 352 g/mol. The van der Waals surface area contributed by atoms with Gasteiger partial charge in [0.25, 0.3) is 0 Å². The van der Waals surface area contributed by atoms with Gasteiger partial charge in [-0.2, -0.15) is 13.2 Å². The largest absolute Gasteiger partial charge is 0.494 e. The molecule has 2 N–H and O–H groups in total. The second-order valence-electron chi connectivity index (χ2n) is 5.36. The average molecular weight is 370 g/mol. The summed E-state index contributed by atoms with van der Waals surface area (Å²) in [5, 5.41) is 4.58. The van der Waals surface area contributed by atoms with Crippen LogP contribution in [0.3, 0.4) is 0 Å². The Bertz CT molecular complexity index is 763. The Morgan fingerprint density at radius 1 is 1.15 bits per heavy atom. The molecule has 0 spiro atoms. The molecule has 0 bridgehead atoms. The molecule has 0 aliphatic heterocycles. The van der Waals surface area contributed by atoms with Crippen molar-refractivity contribution < 1.29 is 27.1 Å². The third kappa shape index (κ3) is 5.37. The number of hydrogen-bond donors (Lipinski definition) is 2. The summed E-state index contributed by atoms with van der Waals surface area (Å²) in [4.78, 5) is 11.9. The smallest absolute Gasteiger partial charge is 0.418 e. The lowest BCUT2D eigenvalue weighted by Crippen LogP contribution is -2.31. The molecule has 8 heteroatoms. The van der Waals surface area contributed by atoms with E-state index >= 15 is 0 Å². The van der Waals surface area contributed by atoms with Crippen molar-refractivity contribution in [2.45, 2.75) is 19.5 Å². The maximum Gasteiger partial charge on any atom is 0.418 e. The second-order valence-corrected chi connectivity index (χ2v) is 5.36. The van der Waals surface area contributed by atoms with Crippen molar-refractivity contribution >= 4 is 11.7 Å². The van der Waals surface area contributed by atoms with Crippen LogP contribution in [-0.2, 0) is 12.6 Å². The summed E-state index contributed by atoms with van der Waals surface area (Å²) >= 11 is 0. The number of benzene rings is 2. The topological polar surface area (TPSA) is 50.4 Å². The number of hydrogen-bond acceptors (Lipinski definition) is 2. The number of nitrogens with one attached hydrogen (secondary N) is 2. The number of rotatable bonds is 6. The number of halogens is 4. The summed E-state index contributed by atoms with van der Waals surface area (Å²) < 4.78 is 58.0. The first-order chi connectivity index (χ1) is 12.3. The molecule has 2 aromatic rings. The lowest BCUT2D eigenvalue weighted by molar-refractivity contribution is -0.137. The molecule has 0 fully saturated rings. The van der Waals surface area contributed by atoms with E-state index in [1.807, 2.05) is 0 Å². The van der Waals surface area contributed by atoms with Gasteiger partial charge in [0, 0.05) is 6.54 Å². The normalized spacial score (nSPS) is 11.1. The van der Waals surface area contributed by atoms with Crippen molar-refractivity contribution in [1.82, 2.24) is 5.32 Å². The van der Waals surface area contributed by atoms with Crippen molar-refractivity contribution in [3.63, 3.8) is 0 Å². The number of carbonyl (C=O) groups excluding carboxylic acids is 1. The summed E-state index contributed by atoms with van der Waals surface area (Å²) in [6, 6.07) is 8.57. The Labute approximate surface area is 148 Å². The first kappa shape index (κ1) is 19.6. The van der Waals surface area contributed by atoms with Gasteiger partial charge in [0.1, 0.15) is 11.6 Å². The van der Waals surface area contributed by atoms with Crippen LogP contribution in [-0.4, -0.2) is 19.2 Å². The number of urea groups is 1. The minimum Gasteiger partial charge on any atom is -0.494 e. The lowest BCUT2D eigenvalue weighted by Gasteiger charge is -2.16. The van der Waals surface area contributed by atoms with Gasteiger partial charge in [0.05, 0.1) is 17.9 Å². The molecule has 0 saturated carbocycles. The molecule has 0 atom stereocenters. The van der Waals surface area contributed by atoms with Crippen molar-refractivity contribution in [3.8, 4) is 5.75 Å². The molecule has 0 aliphatic rings. The van der Waals surface area contributed by atoms with Crippen LogP contribution in [0.5, 0.6) is 5.75 Å². The van der Waals surface area contributed by atoms with E-state index in [9.17, 15) is 22.4 Å². The Kier molecular flexibility index (Phi) is 6.43. The van der Waals surface area contributed by atoms with E-state index in [-0.39, 0.29) is 31.0 Å². The standard InChI is InChI=1S/C18H18F4N2O2/c1-2-26-13-7-8-16(14(11-13)18(20,21)22)24-17(25)23-10-9-12-5-3-4-6-15(12)19/h3-8,11H,2,9-10H2,1H3,(H2,23,24,25). The van der Waals surface area contributed by atoms with E-state index in [1.54, 1.807) is 25.1 Å². The molecule has 0 radical (unpaired) electrons. The highest BCUT2D eigenvalue weighted by atomic mass is 19.4. The van der Waals surface area contributed by atoms with E-state index in [4.69, 9.17) is 4.74 Å². The summed E-state index contributed by atoms with van der Waals surface area (Å²) in [6.07, 6.45) is -4.43. The zero-order valence-corrected chi connectivity index (χ0v) is 14.0. The van der Waals surface area contributed by atoms with Gasteiger partial charge in [-0.15, -0.1) is 0 Å². The van der Waals surface area contributed by atoms with Gasteiger partial charge in [0.15, 0.2) is 0 Å². The molecular formula is C18H18F4N2O2. The van der Waals surface area contributed by atoms with Gasteiger partial charge in [-0.25, -0.2) is 9.18 Å². The third-order valence-electron chi connectivity index (χ3n) is 3.49. The van der Waals surface area contributed by atoms with Crippen LogP contribution in [0.15, 0.2) is 42.5 Å². The second kappa shape index (κ2) is 8.55. The predicted molar refractivity (Wildman–Crippen MR) is 89.7 cm³/mol. The molecule has 26 heavy (non-hydrogen) atoms. The Balaban J connectivity index is 2.00. The minimum atomic E-state index is -4.65. The molecule has 2 amide bonds. The SMILES string of the molecule is CCOc1ccc(NC(=O)NCCc2ccccc2F)c(C(F)(F)F)c1. The van der Waals surface area contributed by atoms with E-state index < -0.39 is 23.6 Å². The highest BCUT2D eigenvalue weighted by molar-refractivity contribution is 5.90. The highest BCUT2D eigenvalue weighted by Gasteiger charge is 2.34. The van der Waals surface area contributed by atoms with Crippen molar-refractivity contribution in [3.05, 3.63) is 59.4 Å². The summed E-state index contributed by atoms with van der Waals surface area (Å²) in [5.41, 5.74) is -0.984. The molecule has 140 valence electrons. The first-order valence-electron chi connectivity index (χ1n) is 7.93. The van der Waals surface area contributed by atoms with Gasteiger partial charge in [0.2, 0.25) is 0 Å². The Morgan fingerprint density at radius 2 is 1.88 bits per heavy atom. The van der Waals surface area contributed by atoms with Crippen LogP contribution in [0.2, 0.25) is 0 Å². The third-order valence-corrected chi connectivity index (χ3v) is 3.49. The molecule has 2 aromatic carbocycles. The monoisotopic (exact) mass is 370 g/mol. The summed E-state index contributed by atoms with van der Waals surface area (Å²) in [7, 11) is 0. The van der Waals surface area contributed by atoms with Gasteiger partial charge in [-0.3, -0.25) is 0 Å². The fourth-order valence-corrected chi connectivity index (χ4v) is 2.30. The van der Waals surface area contributed by atoms with Crippen molar-refractivity contribution in [1.29, 1.82) is 0 Å². The number of carbonyl (C=O) groups is 1.